The Bertz CT molecular complexity index is 1270. The smallest absolute Gasteiger partial charge is 0.255 e. The fraction of sp³-hybridized carbons (Fsp3) is 0.192. The minimum Gasteiger partial charge on any atom is -0.380 e. The molecule has 0 aromatic heterocycles. The molecule has 1 aliphatic heterocycles. The zero-order chi connectivity index (χ0) is 24.2. The number of amides is 2. The Labute approximate surface area is 201 Å². The number of halogens is 1. The molecule has 3 aromatic rings. The Morgan fingerprint density at radius 3 is 2.44 bits per heavy atom. The van der Waals surface area contributed by atoms with Crippen LogP contribution in [0.3, 0.4) is 0 Å². The van der Waals surface area contributed by atoms with Crippen molar-refractivity contribution in [2.45, 2.75) is 31.8 Å². The van der Waals surface area contributed by atoms with E-state index >= 15 is 0 Å². The third-order valence-electron chi connectivity index (χ3n) is 5.80. The van der Waals surface area contributed by atoms with Crippen molar-refractivity contribution in [1.29, 1.82) is 5.26 Å². The average molecular weight is 476 g/mol. The SMILES string of the molecule is N#Cc1ccccc1-c1ccc(CNC(=O)[C@H](O)[C@@H](O)C(=O)N2Cc3ccc(Cl)cc3C2)cc1. The third-order valence-corrected chi connectivity index (χ3v) is 6.04. The van der Waals surface area contributed by atoms with Gasteiger partial charge in [0.05, 0.1) is 11.6 Å². The number of nitriles is 1. The van der Waals surface area contributed by atoms with Gasteiger partial charge in [-0.2, -0.15) is 5.26 Å². The number of benzene rings is 3. The van der Waals surface area contributed by atoms with Crippen LogP contribution in [0.25, 0.3) is 11.1 Å². The van der Waals surface area contributed by atoms with Crippen LogP contribution in [0.1, 0.15) is 22.3 Å². The van der Waals surface area contributed by atoms with Crippen LogP contribution in [0, 0.1) is 11.3 Å². The molecule has 172 valence electrons. The van der Waals surface area contributed by atoms with Gasteiger partial charge in [-0.3, -0.25) is 9.59 Å². The van der Waals surface area contributed by atoms with Crippen molar-refractivity contribution in [3.63, 3.8) is 0 Å². The Hall–Kier alpha value is -3.70. The summed E-state index contributed by atoms with van der Waals surface area (Å²) in [5.41, 5.74) is 4.77. The van der Waals surface area contributed by atoms with Gasteiger partial charge >= 0.3 is 0 Å². The van der Waals surface area contributed by atoms with E-state index in [-0.39, 0.29) is 19.6 Å². The topological polar surface area (TPSA) is 114 Å². The van der Waals surface area contributed by atoms with Crippen LogP contribution in [0.2, 0.25) is 5.02 Å². The maximum Gasteiger partial charge on any atom is 0.255 e. The van der Waals surface area contributed by atoms with E-state index in [9.17, 15) is 25.1 Å². The highest BCUT2D eigenvalue weighted by atomic mass is 35.5. The van der Waals surface area contributed by atoms with Gasteiger partial charge in [-0.15, -0.1) is 0 Å². The van der Waals surface area contributed by atoms with Crippen molar-refractivity contribution in [3.8, 4) is 17.2 Å². The van der Waals surface area contributed by atoms with Gasteiger partial charge in [0.25, 0.3) is 11.8 Å². The van der Waals surface area contributed by atoms with Crippen LogP contribution in [0.4, 0.5) is 0 Å². The summed E-state index contributed by atoms with van der Waals surface area (Å²) in [4.78, 5) is 26.4. The van der Waals surface area contributed by atoms with Crippen molar-refractivity contribution in [3.05, 3.63) is 94.0 Å². The molecular formula is C26H22ClN3O4. The summed E-state index contributed by atoms with van der Waals surface area (Å²) >= 11 is 5.99. The second-order valence-corrected chi connectivity index (χ2v) is 8.51. The number of carbonyl (C=O) groups excluding carboxylic acids is 2. The molecule has 1 aliphatic rings. The van der Waals surface area contributed by atoms with Crippen LogP contribution in [-0.2, 0) is 29.2 Å². The van der Waals surface area contributed by atoms with Gasteiger partial charge in [-0.05, 0) is 46.0 Å². The van der Waals surface area contributed by atoms with E-state index in [0.717, 1.165) is 27.8 Å². The van der Waals surface area contributed by atoms with Crippen LogP contribution in [-0.4, -0.2) is 39.1 Å². The number of aliphatic hydroxyl groups excluding tert-OH is 2. The lowest BCUT2D eigenvalue weighted by Crippen LogP contribution is -2.49. The standard InChI is InChI=1S/C26H22ClN3O4/c27-21-10-9-19-14-30(15-20(19)11-21)26(34)24(32)23(31)25(33)29-13-16-5-7-17(8-6-16)22-4-2-1-3-18(22)12-28/h1-11,23-24,31-32H,13-15H2,(H,29,33)/t23-,24-/m1/s1. The molecular weight excluding hydrogens is 454 g/mol. The number of rotatable bonds is 6. The molecule has 0 saturated carbocycles. The van der Waals surface area contributed by atoms with E-state index < -0.39 is 24.0 Å². The number of fused-ring (bicyclic) bond motifs is 1. The molecule has 0 unspecified atom stereocenters. The summed E-state index contributed by atoms with van der Waals surface area (Å²) in [5, 5.41) is 32.9. The highest BCUT2D eigenvalue weighted by Gasteiger charge is 2.35. The number of hydrogen-bond acceptors (Lipinski definition) is 5. The van der Waals surface area contributed by atoms with Crippen molar-refractivity contribution in [2.75, 3.05) is 0 Å². The largest absolute Gasteiger partial charge is 0.380 e. The molecule has 0 saturated heterocycles. The van der Waals surface area contributed by atoms with Gasteiger partial charge in [0.1, 0.15) is 0 Å². The van der Waals surface area contributed by atoms with E-state index in [1.807, 2.05) is 30.3 Å². The zero-order valence-electron chi connectivity index (χ0n) is 18.1. The summed E-state index contributed by atoms with van der Waals surface area (Å²) in [6.07, 6.45) is -3.78. The normalized spacial score (nSPS) is 14.1. The lowest BCUT2D eigenvalue weighted by atomic mass is 9.99. The van der Waals surface area contributed by atoms with E-state index in [1.165, 1.54) is 4.90 Å². The summed E-state index contributed by atoms with van der Waals surface area (Å²) in [6, 6.07) is 22.0. The lowest BCUT2D eigenvalue weighted by Gasteiger charge is -2.22. The Morgan fingerprint density at radius 2 is 1.71 bits per heavy atom. The van der Waals surface area contributed by atoms with E-state index in [2.05, 4.69) is 11.4 Å². The molecule has 0 spiro atoms. The highest BCUT2D eigenvalue weighted by molar-refractivity contribution is 6.30. The summed E-state index contributed by atoms with van der Waals surface area (Å²) < 4.78 is 0. The van der Waals surface area contributed by atoms with Crippen molar-refractivity contribution in [2.24, 2.45) is 0 Å². The van der Waals surface area contributed by atoms with Crippen molar-refractivity contribution in [1.82, 2.24) is 10.2 Å². The maximum atomic E-state index is 12.6. The third kappa shape index (κ3) is 4.95. The molecule has 4 rings (SSSR count). The molecule has 3 N–H and O–H groups in total. The van der Waals surface area contributed by atoms with Gasteiger partial charge in [0, 0.05) is 24.7 Å². The molecule has 2 atom stereocenters. The molecule has 0 bridgehead atoms. The maximum absolute atomic E-state index is 12.6. The van der Waals surface area contributed by atoms with Gasteiger partial charge in [-0.1, -0.05) is 60.1 Å². The average Bonchev–Trinajstić information content (AvgIpc) is 3.29. The monoisotopic (exact) mass is 475 g/mol. The number of hydrogen-bond donors (Lipinski definition) is 3. The first-order chi connectivity index (χ1) is 16.4. The predicted octanol–water partition coefficient (Wildman–Crippen LogP) is 2.76. The number of carbonyl (C=O) groups is 2. The minimum atomic E-state index is -1.90. The molecule has 3 aromatic carbocycles. The zero-order valence-corrected chi connectivity index (χ0v) is 18.9. The lowest BCUT2D eigenvalue weighted by molar-refractivity contribution is -0.153. The van der Waals surface area contributed by atoms with Gasteiger partial charge in [0.15, 0.2) is 12.2 Å². The molecule has 8 heteroatoms. The van der Waals surface area contributed by atoms with Gasteiger partial charge < -0.3 is 20.4 Å². The summed E-state index contributed by atoms with van der Waals surface area (Å²) in [6.45, 7) is 0.629. The Balaban J connectivity index is 1.33. The van der Waals surface area contributed by atoms with Gasteiger partial charge in [-0.25, -0.2) is 0 Å². The second kappa shape index (κ2) is 10.1. The summed E-state index contributed by atoms with van der Waals surface area (Å²) in [5.74, 6) is -1.57. The number of nitrogens with zero attached hydrogens (tertiary/aromatic N) is 2. The van der Waals surface area contributed by atoms with Crippen molar-refractivity contribution < 1.29 is 19.8 Å². The van der Waals surface area contributed by atoms with Crippen molar-refractivity contribution >= 4 is 23.4 Å². The van der Waals surface area contributed by atoms with E-state index in [4.69, 9.17) is 11.6 Å². The predicted molar refractivity (Wildman–Crippen MR) is 126 cm³/mol. The Morgan fingerprint density at radius 1 is 1.00 bits per heavy atom. The highest BCUT2D eigenvalue weighted by Crippen LogP contribution is 2.26. The van der Waals surface area contributed by atoms with E-state index in [1.54, 1.807) is 36.4 Å². The molecule has 0 fully saturated rings. The first-order valence-corrected chi connectivity index (χ1v) is 11.0. The fourth-order valence-electron chi connectivity index (χ4n) is 3.91. The Kier molecular flexibility index (Phi) is 6.94. The minimum absolute atomic E-state index is 0.102. The molecule has 34 heavy (non-hydrogen) atoms. The first kappa shape index (κ1) is 23.5. The molecule has 0 radical (unpaired) electrons. The number of aliphatic hydroxyl groups is 2. The number of nitrogens with one attached hydrogen (secondary N) is 1. The summed E-state index contributed by atoms with van der Waals surface area (Å²) in [7, 11) is 0. The molecule has 2 amide bonds. The van der Waals surface area contributed by atoms with E-state index in [0.29, 0.717) is 10.6 Å². The quantitative estimate of drug-likeness (QED) is 0.507. The fourth-order valence-corrected chi connectivity index (χ4v) is 4.11. The first-order valence-electron chi connectivity index (χ1n) is 10.7. The van der Waals surface area contributed by atoms with Crippen LogP contribution >= 0.6 is 11.6 Å². The molecule has 0 aliphatic carbocycles. The van der Waals surface area contributed by atoms with Crippen LogP contribution in [0.5, 0.6) is 0 Å². The molecule has 1 heterocycles. The van der Waals surface area contributed by atoms with Crippen LogP contribution in [0.15, 0.2) is 66.7 Å². The molecule has 7 nitrogen and oxygen atoms in total. The van der Waals surface area contributed by atoms with Crippen LogP contribution < -0.4 is 5.32 Å². The van der Waals surface area contributed by atoms with Gasteiger partial charge in [0.2, 0.25) is 0 Å². The second-order valence-electron chi connectivity index (χ2n) is 8.07.